The molecule has 3 aromatic rings. The Balaban J connectivity index is 0.00000126. The summed E-state index contributed by atoms with van der Waals surface area (Å²) in [6.45, 7) is 9.91. The topological polar surface area (TPSA) is 51.0 Å². The third-order valence-corrected chi connectivity index (χ3v) is 3.73. The number of hydrogen-bond acceptors (Lipinski definition) is 4. The Labute approximate surface area is 161 Å². The van der Waals surface area contributed by atoms with Gasteiger partial charge in [-0.2, -0.15) is 0 Å². The van der Waals surface area contributed by atoms with E-state index < -0.39 is 0 Å². The summed E-state index contributed by atoms with van der Waals surface area (Å²) >= 11 is 0. The molecule has 3 rings (SSSR count). The molecular formula is C23H26N4. The van der Waals surface area contributed by atoms with Gasteiger partial charge in [-0.25, -0.2) is 9.97 Å². The first-order valence-corrected chi connectivity index (χ1v) is 9.24. The third kappa shape index (κ3) is 5.17. The lowest BCUT2D eigenvalue weighted by Crippen LogP contribution is -1.98. The predicted molar refractivity (Wildman–Crippen MR) is 115 cm³/mol. The van der Waals surface area contributed by atoms with E-state index in [4.69, 9.17) is 9.97 Å². The molecule has 27 heavy (non-hydrogen) atoms. The quantitative estimate of drug-likeness (QED) is 0.538. The third-order valence-electron chi connectivity index (χ3n) is 3.73. The van der Waals surface area contributed by atoms with E-state index in [0.717, 1.165) is 28.3 Å². The standard InChI is InChI=1S/C21H20N4.C2H6/c1-4-17(22-5-2)19-14-20(18-11-6-7-12-23-18)25-21(24-19)16-10-8-9-15(3)13-16;1-2/h4-14H,1-3H3;1-2H3/b17-4-,22-5?;. The van der Waals surface area contributed by atoms with Crippen LogP contribution in [0.15, 0.2) is 65.8 Å². The van der Waals surface area contributed by atoms with Crippen LogP contribution in [0, 0.1) is 6.92 Å². The number of rotatable bonds is 4. The summed E-state index contributed by atoms with van der Waals surface area (Å²) in [4.78, 5) is 18.3. The molecule has 0 aliphatic rings. The zero-order valence-electron chi connectivity index (χ0n) is 16.6. The van der Waals surface area contributed by atoms with E-state index in [0.29, 0.717) is 5.82 Å². The van der Waals surface area contributed by atoms with Crippen LogP contribution in [0.25, 0.3) is 28.5 Å². The molecule has 0 saturated carbocycles. The Bertz CT molecular complexity index is 928. The van der Waals surface area contributed by atoms with Crippen LogP contribution in [0.5, 0.6) is 0 Å². The molecule has 0 aliphatic heterocycles. The zero-order chi connectivity index (χ0) is 19.6. The molecule has 0 spiro atoms. The van der Waals surface area contributed by atoms with E-state index in [2.05, 4.69) is 29.0 Å². The minimum absolute atomic E-state index is 0.674. The summed E-state index contributed by atoms with van der Waals surface area (Å²) in [6, 6.07) is 15.9. The van der Waals surface area contributed by atoms with Crippen molar-refractivity contribution in [1.82, 2.24) is 15.0 Å². The first-order valence-electron chi connectivity index (χ1n) is 9.24. The molecule has 0 atom stereocenters. The Morgan fingerprint density at radius 2 is 1.74 bits per heavy atom. The smallest absolute Gasteiger partial charge is 0.160 e. The molecule has 2 heterocycles. The molecule has 0 radical (unpaired) electrons. The van der Waals surface area contributed by atoms with Crippen molar-refractivity contribution < 1.29 is 0 Å². The van der Waals surface area contributed by atoms with Crippen molar-refractivity contribution in [3.8, 4) is 22.8 Å². The highest BCUT2D eigenvalue weighted by Gasteiger charge is 2.11. The highest BCUT2D eigenvalue weighted by Crippen LogP contribution is 2.25. The number of aryl methyl sites for hydroxylation is 1. The molecular weight excluding hydrogens is 332 g/mol. The molecule has 4 nitrogen and oxygen atoms in total. The van der Waals surface area contributed by atoms with Crippen molar-refractivity contribution in [2.45, 2.75) is 34.6 Å². The van der Waals surface area contributed by atoms with Gasteiger partial charge in [0.25, 0.3) is 0 Å². The van der Waals surface area contributed by atoms with Crippen molar-refractivity contribution >= 4 is 11.9 Å². The fourth-order valence-electron chi connectivity index (χ4n) is 2.56. The van der Waals surface area contributed by atoms with Crippen molar-refractivity contribution in [3.05, 3.63) is 72.1 Å². The summed E-state index contributed by atoms with van der Waals surface area (Å²) in [5.41, 5.74) is 5.35. The van der Waals surface area contributed by atoms with Gasteiger partial charge in [0.05, 0.1) is 22.8 Å². The zero-order valence-corrected chi connectivity index (χ0v) is 16.6. The van der Waals surface area contributed by atoms with E-state index >= 15 is 0 Å². The van der Waals surface area contributed by atoms with Crippen LogP contribution < -0.4 is 0 Å². The maximum absolute atomic E-state index is 4.74. The average Bonchev–Trinajstić information content (AvgIpc) is 2.74. The van der Waals surface area contributed by atoms with Gasteiger partial charge in [-0.15, -0.1) is 0 Å². The van der Waals surface area contributed by atoms with Gasteiger partial charge in [-0.3, -0.25) is 9.98 Å². The maximum atomic E-state index is 4.74. The molecule has 0 bridgehead atoms. The van der Waals surface area contributed by atoms with Crippen molar-refractivity contribution in [3.63, 3.8) is 0 Å². The van der Waals surface area contributed by atoms with Gasteiger partial charge in [-0.1, -0.05) is 49.8 Å². The first-order chi connectivity index (χ1) is 13.2. The first kappa shape index (κ1) is 20.2. The largest absolute Gasteiger partial charge is 0.260 e. The van der Waals surface area contributed by atoms with Gasteiger partial charge >= 0.3 is 0 Å². The molecule has 1 aromatic carbocycles. The highest BCUT2D eigenvalue weighted by atomic mass is 14.9. The Hall–Kier alpha value is -3.14. The second kappa shape index (κ2) is 10.1. The van der Waals surface area contributed by atoms with Gasteiger partial charge in [0.1, 0.15) is 0 Å². The highest BCUT2D eigenvalue weighted by molar-refractivity contribution is 5.74. The van der Waals surface area contributed by atoms with E-state index in [-0.39, 0.29) is 0 Å². The normalized spacial score (nSPS) is 11.2. The number of nitrogens with zero attached hydrogens (tertiary/aromatic N) is 4. The van der Waals surface area contributed by atoms with Crippen LogP contribution in [0.2, 0.25) is 0 Å². The Kier molecular flexibility index (Phi) is 7.56. The second-order valence-electron chi connectivity index (χ2n) is 5.61. The monoisotopic (exact) mass is 358 g/mol. The average molecular weight is 358 g/mol. The molecule has 0 unspecified atom stereocenters. The second-order valence-corrected chi connectivity index (χ2v) is 5.61. The van der Waals surface area contributed by atoms with Crippen LogP contribution in [-0.2, 0) is 0 Å². The maximum Gasteiger partial charge on any atom is 0.160 e. The number of aromatic nitrogens is 3. The molecule has 0 N–H and O–H groups in total. The van der Waals surface area contributed by atoms with Crippen LogP contribution in [0.3, 0.4) is 0 Å². The van der Waals surface area contributed by atoms with Gasteiger partial charge in [0.2, 0.25) is 0 Å². The summed E-state index contributed by atoms with van der Waals surface area (Å²) in [7, 11) is 0. The lowest BCUT2D eigenvalue weighted by molar-refractivity contribution is 1.13. The van der Waals surface area contributed by atoms with E-state index in [1.54, 1.807) is 12.4 Å². The van der Waals surface area contributed by atoms with E-state index in [1.165, 1.54) is 5.56 Å². The molecule has 0 amide bonds. The van der Waals surface area contributed by atoms with Gasteiger partial charge < -0.3 is 0 Å². The number of aliphatic imine (C=N–C) groups is 1. The number of hydrogen-bond donors (Lipinski definition) is 0. The summed E-state index contributed by atoms with van der Waals surface area (Å²) < 4.78 is 0. The summed E-state index contributed by atoms with van der Waals surface area (Å²) in [5, 5.41) is 0. The fourth-order valence-corrected chi connectivity index (χ4v) is 2.56. The van der Waals surface area contributed by atoms with Crippen molar-refractivity contribution in [1.29, 1.82) is 0 Å². The summed E-state index contributed by atoms with van der Waals surface area (Å²) in [5.74, 6) is 0.674. The molecule has 0 aliphatic carbocycles. The molecule has 2 aromatic heterocycles. The van der Waals surface area contributed by atoms with Crippen LogP contribution >= 0.6 is 0 Å². The summed E-state index contributed by atoms with van der Waals surface area (Å²) in [6.07, 6.45) is 5.49. The predicted octanol–water partition coefficient (Wildman–Crippen LogP) is 5.99. The van der Waals surface area contributed by atoms with Gasteiger partial charge in [0.15, 0.2) is 5.82 Å². The molecule has 0 saturated heterocycles. The minimum atomic E-state index is 0.674. The van der Waals surface area contributed by atoms with Crippen LogP contribution in [0.4, 0.5) is 0 Å². The van der Waals surface area contributed by atoms with Crippen LogP contribution in [-0.4, -0.2) is 21.2 Å². The lowest BCUT2D eigenvalue weighted by Gasteiger charge is -2.09. The molecule has 4 heteroatoms. The lowest BCUT2D eigenvalue weighted by atomic mass is 10.1. The molecule has 0 fully saturated rings. The van der Waals surface area contributed by atoms with Crippen molar-refractivity contribution in [2.75, 3.05) is 0 Å². The minimum Gasteiger partial charge on any atom is -0.260 e. The fraction of sp³-hybridized carbons (Fsp3) is 0.217. The molecule has 138 valence electrons. The number of pyridine rings is 1. The van der Waals surface area contributed by atoms with Gasteiger partial charge in [0, 0.05) is 18.0 Å². The Morgan fingerprint density at radius 1 is 0.926 bits per heavy atom. The number of benzene rings is 1. The van der Waals surface area contributed by atoms with E-state index in [1.807, 2.05) is 70.2 Å². The van der Waals surface area contributed by atoms with E-state index in [9.17, 15) is 0 Å². The SMILES string of the molecule is CC.CC=N/C(=C\C)c1cc(-c2ccccn2)nc(-c2cccc(C)c2)n1. The van der Waals surface area contributed by atoms with Crippen molar-refractivity contribution in [2.24, 2.45) is 4.99 Å². The Morgan fingerprint density at radius 3 is 2.37 bits per heavy atom. The van der Waals surface area contributed by atoms with Crippen LogP contribution in [0.1, 0.15) is 39.0 Å². The van der Waals surface area contributed by atoms with Gasteiger partial charge in [-0.05, 0) is 45.0 Å². The number of allylic oxidation sites excluding steroid dienone is 1.